The Morgan fingerprint density at radius 1 is 1.11 bits per heavy atom. The van der Waals surface area contributed by atoms with E-state index in [0.29, 0.717) is 16.6 Å². The second kappa shape index (κ2) is 7.58. The van der Waals surface area contributed by atoms with E-state index in [2.05, 4.69) is 15.3 Å². The number of benzene rings is 2. The molecule has 2 heterocycles. The molecule has 2 aromatic heterocycles. The molecule has 4 rings (SSSR count). The standard InChI is InChI=1S/C21H14FN3O2S/c22-14-3-1-13(2-4-14)19-9-6-16(28-19)7-10-20(26)25-15-5-8-18-17(11-15)21(27)24-12-23-18/h1-12H,(H,25,26)(H,23,24,27)/b10-7+. The molecule has 0 radical (unpaired) electrons. The number of amides is 1. The second-order valence-corrected chi connectivity index (χ2v) is 7.11. The summed E-state index contributed by atoms with van der Waals surface area (Å²) in [6.45, 7) is 0. The predicted molar refractivity (Wildman–Crippen MR) is 110 cm³/mol. The molecular formula is C21H14FN3O2S. The third kappa shape index (κ3) is 3.89. The highest BCUT2D eigenvalue weighted by molar-refractivity contribution is 7.16. The first-order valence-corrected chi connectivity index (χ1v) is 9.22. The molecule has 0 spiro atoms. The summed E-state index contributed by atoms with van der Waals surface area (Å²) in [6.07, 6.45) is 4.48. The number of carbonyl (C=O) groups excluding carboxylic acids is 1. The lowest BCUT2D eigenvalue weighted by Crippen LogP contribution is -2.10. The number of nitrogens with one attached hydrogen (secondary N) is 2. The molecule has 138 valence electrons. The minimum Gasteiger partial charge on any atom is -0.322 e. The SMILES string of the molecule is O=C(/C=C/c1ccc(-c2ccc(F)cc2)s1)Nc1ccc2nc[nH]c(=O)c2c1. The van der Waals surface area contributed by atoms with Crippen LogP contribution in [0.25, 0.3) is 27.4 Å². The van der Waals surface area contributed by atoms with Gasteiger partial charge in [0.15, 0.2) is 0 Å². The minimum absolute atomic E-state index is 0.261. The minimum atomic E-state index is -0.309. The van der Waals surface area contributed by atoms with Crippen LogP contribution in [-0.4, -0.2) is 15.9 Å². The largest absolute Gasteiger partial charge is 0.322 e. The van der Waals surface area contributed by atoms with E-state index >= 15 is 0 Å². The molecule has 2 N–H and O–H groups in total. The molecule has 1 amide bonds. The molecular weight excluding hydrogens is 377 g/mol. The van der Waals surface area contributed by atoms with E-state index in [1.54, 1.807) is 36.4 Å². The molecule has 0 aliphatic rings. The van der Waals surface area contributed by atoms with Crippen molar-refractivity contribution in [3.8, 4) is 10.4 Å². The maximum Gasteiger partial charge on any atom is 0.258 e. The van der Waals surface area contributed by atoms with Gasteiger partial charge in [0.1, 0.15) is 5.82 Å². The first-order valence-electron chi connectivity index (χ1n) is 8.41. The molecule has 2 aromatic carbocycles. The quantitative estimate of drug-likeness (QED) is 0.505. The highest BCUT2D eigenvalue weighted by Gasteiger charge is 2.05. The fraction of sp³-hybridized carbons (Fsp3) is 0. The zero-order valence-corrected chi connectivity index (χ0v) is 15.3. The third-order valence-electron chi connectivity index (χ3n) is 4.06. The van der Waals surface area contributed by atoms with Crippen LogP contribution in [0.15, 0.2) is 71.8 Å². The van der Waals surface area contributed by atoms with Gasteiger partial charge in [0.25, 0.3) is 5.56 Å². The lowest BCUT2D eigenvalue weighted by Gasteiger charge is -2.03. The topological polar surface area (TPSA) is 74.8 Å². The van der Waals surface area contributed by atoms with Crippen molar-refractivity contribution < 1.29 is 9.18 Å². The van der Waals surface area contributed by atoms with Gasteiger partial charge in [-0.05, 0) is 54.1 Å². The van der Waals surface area contributed by atoms with Gasteiger partial charge in [-0.25, -0.2) is 9.37 Å². The van der Waals surface area contributed by atoms with Gasteiger partial charge in [0, 0.05) is 21.5 Å². The van der Waals surface area contributed by atoms with Gasteiger partial charge in [-0.2, -0.15) is 0 Å². The van der Waals surface area contributed by atoms with Gasteiger partial charge in [0.2, 0.25) is 5.91 Å². The lowest BCUT2D eigenvalue weighted by molar-refractivity contribution is -0.111. The molecule has 0 saturated carbocycles. The zero-order valence-electron chi connectivity index (χ0n) is 14.5. The normalized spacial score (nSPS) is 11.2. The number of aromatic nitrogens is 2. The number of carbonyl (C=O) groups is 1. The number of hydrogen-bond donors (Lipinski definition) is 2. The Morgan fingerprint density at radius 2 is 1.93 bits per heavy atom. The Balaban J connectivity index is 1.47. The van der Waals surface area contributed by atoms with E-state index in [9.17, 15) is 14.0 Å². The van der Waals surface area contributed by atoms with E-state index in [-0.39, 0.29) is 17.3 Å². The van der Waals surface area contributed by atoms with E-state index in [1.807, 2.05) is 12.1 Å². The van der Waals surface area contributed by atoms with Crippen LogP contribution in [0.3, 0.4) is 0 Å². The molecule has 5 nitrogen and oxygen atoms in total. The fourth-order valence-corrected chi connectivity index (χ4v) is 3.62. The summed E-state index contributed by atoms with van der Waals surface area (Å²) in [4.78, 5) is 32.5. The molecule has 4 aromatic rings. The van der Waals surface area contributed by atoms with Crippen LogP contribution < -0.4 is 10.9 Å². The van der Waals surface area contributed by atoms with E-state index in [0.717, 1.165) is 15.3 Å². The first kappa shape index (κ1) is 17.8. The second-order valence-electron chi connectivity index (χ2n) is 6.00. The summed E-state index contributed by atoms with van der Waals surface area (Å²) in [5.74, 6) is -0.583. The van der Waals surface area contributed by atoms with Gasteiger partial charge < -0.3 is 10.3 Å². The third-order valence-corrected chi connectivity index (χ3v) is 5.16. The Bertz CT molecular complexity index is 1240. The Hall–Kier alpha value is -3.58. The molecule has 28 heavy (non-hydrogen) atoms. The number of hydrogen-bond acceptors (Lipinski definition) is 4. The molecule has 0 bridgehead atoms. The highest BCUT2D eigenvalue weighted by Crippen LogP contribution is 2.29. The van der Waals surface area contributed by atoms with Crippen LogP contribution in [-0.2, 0) is 4.79 Å². The maximum absolute atomic E-state index is 13.0. The Morgan fingerprint density at radius 3 is 2.75 bits per heavy atom. The van der Waals surface area contributed by atoms with Crippen molar-refractivity contribution >= 4 is 39.9 Å². The van der Waals surface area contributed by atoms with Gasteiger partial charge in [-0.3, -0.25) is 9.59 Å². The van der Waals surface area contributed by atoms with Crippen LogP contribution in [0, 0.1) is 5.82 Å². The van der Waals surface area contributed by atoms with Crippen LogP contribution in [0.4, 0.5) is 10.1 Å². The monoisotopic (exact) mass is 391 g/mol. The van der Waals surface area contributed by atoms with Gasteiger partial charge >= 0.3 is 0 Å². The van der Waals surface area contributed by atoms with Gasteiger partial charge in [-0.15, -0.1) is 11.3 Å². The average Bonchev–Trinajstić information content (AvgIpc) is 3.17. The van der Waals surface area contributed by atoms with Gasteiger partial charge in [-0.1, -0.05) is 12.1 Å². The van der Waals surface area contributed by atoms with Crippen molar-refractivity contribution in [1.29, 1.82) is 0 Å². The summed E-state index contributed by atoms with van der Waals surface area (Å²) in [5.41, 5.74) is 1.73. The molecule has 0 fully saturated rings. The molecule has 0 saturated heterocycles. The van der Waals surface area contributed by atoms with E-state index < -0.39 is 0 Å². The summed E-state index contributed by atoms with van der Waals surface area (Å²) >= 11 is 1.50. The maximum atomic E-state index is 13.0. The summed E-state index contributed by atoms with van der Waals surface area (Å²) < 4.78 is 13.0. The van der Waals surface area contributed by atoms with Crippen molar-refractivity contribution in [3.05, 3.63) is 88.0 Å². The Kier molecular flexibility index (Phi) is 4.82. The summed E-state index contributed by atoms with van der Waals surface area (Å²) in [5, 5.41) is 3.14. The molecule has 0 aliphatic heterocycles. The molecule has 7 heteroatoms. The smallest absolute Gasteiger partial charge is 0.258 e. The van der Waals surface area contributed by atoms with E-state index in [4.69, 9.17) is 0 Å². The molecule has 0 unspecified atom stereocenters. The average molecular weight is 391 g/mol. The first-order chi connectivity index (χ1) is 13.6. The predicted octanol–water partition coefficient (Wildman–Crippen LogP) is 4.44. The Labute approximate surface area is 163 Å². The number of anilines is 1. The van der Waals surface area contributed by atoms with Crippen LogP contribution >= 0.6 is 11.3 Å². The van der Waals surface area contributed by atoms with Crippen molar-refractivity contribution in [1.82, 2.24) is 9.97 Å². The van der Waals surface area contributed by atoms with Crippen LogP contribution in [0.2, 0.25) is 0 Å². The van der Waals surface area contributed by atoms with Gasteiger partial charge in [0.05, 0.1) is 17.2 Å². The number of fused-ring (bicyclic) bond motifs is 1. The fourth-order valence-electron chi connectivity index (χ4n) is 2.70. The van der Waals surface area contributed by atoms with Crippen molar-refractivity contribution in [2.24, 2.45) is 0 Å². The number of H-pyrrole nitrogens is 1. The number of aromatic amines is 1. The van der Waals surface area contributed by atoms with Crippen molar-refractivity contribution in [3.63, 3.8) is 0 Å². The summed E-state index contributed by atoms with van der Waals surface area (Å²) in [7, 11) is 0. The summed E-state index contributed by atoms with van der Waals surface area (Å²) in [6, 6.07) is 15.1. The number of nitrogens with zero attached hydrogens (tertiary/aromatic N) is 1. The van der Waals surface area contributed by atoms with Crippen LogP contribution in [0.1, 0.15) is 4.88 Å². The van der Waals surface area contributed by atoms with Crippen LogP contribution in [0.5, 0.6) is 0 Å². The molecule has 0 atom stereocenters. The lowest BCUT2D eigenvalue weighted by atomic mass is 10.2. The molecule has 0 aliphatic carbocycles. The highest BCUT2D eigenvalue weighted by atomic mass is 32.1. The van der Waals surface area contributed by atoms with Crippen molar-refractivity contribution in [2.45, 2.75) is 0 Å². The van der Waals surface area contributed by atoms with E-state index in [1.165, 1.54) is 35.9 Å². The number of rotatable bonds is 4. The zero-order chi connectivity index (χ0) is 19.5. The number of thiophene rings is 1. The van der Waals surface area contributed by atoms with Crippen molar-refractivity contribution in [2.75, 3.05) is 5.32 Å². The number of halogens is 1.